The quantitative estimate of drug-likeness (QED) is 0.215. The number of carbonyl (C=O) groups excluding carboxylic acids is 1. The number of ether oxygens (including phenoxy) is 2. The minimum absolute atomic E-state index is 0.0502. The largest absolute Gasteiger partial charge is 0.477 e. The number of carboxylic acids is 1. The Morgan fingerprint density at radius 3 is 2.79 bits per heavy atom. The lowest BCUT2D eigenvalue weighted by atomic mass is 10.1. The molecule has 4 aromatic rings. The summed E-state index contributed by atoms with van der Waals surface area (Å²) in [7, 11) is 0. The molecule has 1 aliphatic carbocycles. The zero-order valence-corrected chi connectivity index (χ0v) is 23.5. The predicted molar refractivity (Wildman–Crippen MR) is 155 cm³/mol. The second-order valence-corrected chi connectivity index (χ2v) is 10.9. The second-order valence-electron chi connectivity index (χ2n) is 10.00. The van der Waals surface area contributed by atoms with Crippen molar-refractivity contribution in [3.63, 3.8) is 0 Å². The maximum absolute atomic E-state index is 12.2. The first kappa shape index (κ1) is 27.9. The van der Waals surface area contributed by atoms with Crippen LogP contribution >= 0.6 is 11.3 Å². The smallest absolute Gasteiger partial charge is 0.347 e. The number of hydrogen-bond acceptors (Lipinski definition) is 10. The van der Waals surface area contributed by atoms with E-state index in [-0.39, 0.29) is 35.1 Å². The molecule has 0 bridgehead atoms. The van der Waals surface area contributed by atoms with Crippen LogP contribution in [0, 0.1) is 5.92 Å². The fraction of sp³-hybridized carbons (Fsp3) is 0.357. The first-order valence-electron chi connectivity index (χ1n) is 13.6. The molecule has 0 radical (unpaired) electrons. The van der Waals surface area contributed by atoms with Gasteiger partial charge in [0.1, 0.15) is 17.3 Å². The van der Waals surface area contributed by atoms with Gasteiger partial charge in [-0.2, -0.15) is 0 Å². The predicted octanol–water partition coefficient (Wildman–Crippen LogP) is 3.30. The molecular formula is C28H30N8O5S. The molecule has 6 rings (SSSR count). The number of aromatic carboxylic acids is 1. The lowest BCUT2D eigenvalue weighted by molar-refractivity contribution is -0.0499. The van der Waals surface area contributed by atoms with Gasteiger partial charge in [-0.25, -0.2) is 29.5 Å². The Morgan fingerprint density at radius 1 is 1.14 bits per heavy atom. The molecule has 2 amide bonds. The molecule has 3 aromatic heterocycles. The third-order valence-corrected chi connectivity index (χ3v) is 8.22. The summed E-state index contributed by atoms with van der Waals surface area (Å²) in [6, 6.07) is 9.41. The lowest BCUT2D eigenvalue weighted by Crippen LogP contribution is -2.32. The van der Waals surface area contributed by atoms with Crippen molar-refractivity contribution >= 4 is 46.4 Å². The Balaban J connectivity index is 1.23. The van der Waals surface area contributed by atoms with E-state index in [2.05, 4.69) is 35.9 Å². The second kappa shape index (κ2) is 12.3. The van der Waals surface area contributed by atoms with Gasteiger partial charge in [-0.15, -0.1) is 11.3 Å². The maximum Gasteiger partial charge on any atom is 0.347 e. The summed E-state index contributed by atoms with van der Waals surface area (Å²) in [5, 5.41) is 18.2. The Hall–Kier alpha value is -4.24. The normalized spacial score (nSPS) is 23.4. The molecule has 4 heterocycles. The maximum atomic E-state index is 12.2. The van der Waals surface area contributed by atoms with E-state index < -0.39 is 12.3 Å². The van der Waals surface area contributed by atoms with Gasteiger partial charge in [0.05, 0.1) is 29.7 Å². The van der Waals surface area contributed by atoms with Gasteiger partial charge >= 0.3 is 12.0 Å². The Bertz CT molecular complexity index is 1590. The fourth-order valence-corrected chi connectivity index (χ4v) is 6.17. The molecule has 14 heteroatoms. The van der Waals surface area contributed by atoms with E-state index in [0.717, 1.165) is 16.9 Å². The summed E-state index contributed by atoms with van der Waals surface area (Å²) in [5.74, 6) is -0.609. The minimum Gasteiger partial charge on any atom is -0.477 e. The molecule has 0 spiro atoms. The van der Waals surface area contributed by atoms with Gasteiger partial charge in [-0.05, 0) is 25.0 Å². The number of rotatable bonds is 10. The summed E-state index contributed by atoms with van der Waals surface area (Å²) in [6.45, 7) is 3.21. The summed E-state index contributed by atoms with van der Waals surface area (Å²) in [6.07, 6.45) is 6.63. The van der Waals surface area contributed by atoms with E-state index in [1.165, 1.54) is 6.33 Å². The van der Waals surface area contributed by atoms with E-state index in [1.807, 2.05) is 54.0 Å². The molecule has 218 valence electrons. The van der Waals surface area contributed by atoms with Crippen molar-refractivity contribution in [2.24, 2.45) is 5.92 Å². The van der Waals surface area contributed by atoms with Crippen molar-refractivity contribution in [2.75, 3.05) is 18.4 Å². The van der Waals surface area contributed by atoms with Crippen LogP contribution in [0.15, 0.2) is 54.6 Å². The van der Waals surface area contributed by atoms with Crippen molar-refractivity contribution < 1.29 is 24.2 Å². The van der Waals surface area contributed by atoms with Gasteiger partial charge < -0.3 is 29.8 Å². The van der Waals surface area contributed by atoms with Gasteiger partial charge in [-0.1, -0.05) is 36.4 Å². The number of carbonyl (C=O) groups is 2. The molecule has 1 saturated carbocycles. The number of aromatic nitrogens is 5. The average Bonchev–Trinajstić information content (AvgIpc) is 3.77. The number of benzene rings is 1. The topological polar surface area (TPSA) is 165 Å². The molecule has 4 unspecified atom stereocenters. The minimum atomic E-state index is -0.981. The summed E-state index contributed by atoms with van der Waals surface area (Å²) in [4.78, 5) is 41.3. The van der Waals surface area contributed by atoms with Crippen molar-refractivity contribution in [3.05, 3.63) is 70.7 Å². The number of nitrogens with one attached hydrogen (secondary N) is 3. The molecule has 4 N–H and O–H groups in total. The number of amides is 2. The first-order valence-corrected chi connectivity index (χ1v) is 14.5. The van der Waals surface area contributed by atoms with Gasteiger partial charge in [0.25, 0.3) is 0 Å². The SMILES string of the molecule is CCNC(=O)Nc1ncnc2c1ncn2C1CC(CNCc2ncsc2C(=O)O)C2O[C@H](/C=C/c3ccccc3)OC21. The van der Waals surface area contributed by atoms with Crippen LogP contribution in [0.1, 0.15) is 40.3 Å². The van der Waals surface area contributed by atoms with E-state index >= 15 is 0 Å². The molecule has 2 aliphatic rings. The van der Waals surface area contributed by atoms with Crippen molar-refractivity contribution in [3.8, 4) is 0 Å². The van der Waals surface area contributed by atoms with Crippen LogP contribution in [0.4, 0.5) is 10.6 Å². The zero-order chi connectivity index (χ0) is 29.1. The molecule has 1 saturated heterocycles. The Kier molecular flexibility index (Phi) is 8.19. The zero-order valence-electron chi connectivity index (χ0n) is 22.7. The van der Waals surface area contributed by atoms with E-state index in [4.69, 9.17) is 9.47 Å². The highest BCUT2D eigenvalue weighted by Gasteiger charge is 2.51. The standard InChI is InChI=1S/C28H30N8O5S/c1-2-30-28(39)35-25-21-26(32-13-31-25)36(14-33-21)19-10-17(11-29-12-18-24(27(37)38)42-15-34-18)22-23(19)41-20(40-22)9-8-16-6-4-3-5-7-16/h3-9,13-15,17,19-20,22-23,29H,2,10-12H2,1H3,(H,37,38)(H2,30,31,32,35,39)/b9-8+/t17?,19?,20-,22?,23?/m0/s1. The molecule has 1 aliphatic heterocycles. The van der Waals surface area contributed by atoms with Gasteiger partial charge in [0.15, 0.2) is 23.3 Å². The van der Waals surface area contributed by atoms with Crippen LogP contribution in [0.3, 0.4) is 0 Å². The first-order chi connectivity index (χ1) is 20.5. The number of nitrogens with zero attached hydrogens (tertiary/aromatic N) is 5. The fourth-order valence-electron chi connectivity index (χ4n) is 5.52. The van der Waals surface area contributed by atoms with Crippen LogP contribution in [0.2, 0.25) is 0 Å². The van der Waals surface area contributed by atoms with E-state index in [9.17, 15) is 14.7 Å². The monoisotopic (exact) mass is 590 g/mol. The molecule has 42 heavy (non-hydrogen) atoms. The average molecular weight is 591 g/mol. The molecule has 1 aromatic carbocycles. The highest BCUT2D eigenvalue weighted by molar-refractivity contribution is 7.11. The number of hydrogen-bond donors (Lipinski definition) is 4. The molecule has 13 nitrogen and oxygen atoms in total. The van der Waals surface area contributed by atoms with Crippen LogP contribution < -0.4 is 16.0 Å². The van der Waals surface area contributed by atoms with Gasteiger partial charge in [-0.3, -0.25) is 5.32 Å². The van der Waals surface area contributed by atoms with Gasteiger partial charge in [0.2, 0.25) is 0 Å². The third kappa shape index (κ3) is 5.74. The molecule has 2 fully saturated rings. The van der Waals surface area contributed by atoms with Crippen LogP contribution in [-0.4, -0.2) is 73.2 Å². The number of fused-ring (bicyclic) bond motifs is 2. The summed E-state index contributed by atoms with van der Waals surface area (Å²) >= 11 is 1.11. The number of anilines is 1. The van der Waals surface area contributed by atoms with E-state index in [1.54, 1.807) is 11.8 Å². The van der Waals surface area contributed by atoms with E-state index in [0.29, 0.717) is 48.7 Å². The Labute approximate surface area is 245 Å². The van der Waals surface area contributed by atoms with Crippen LogP contribution in [0.5, 0.6) is 0 Å². The Morgan fingerprint density at radius 2 is 1.98 bits per heavy atom. The van der Waals surface area contributed by atoms with Crippen LogP contribution in [0.25, 0.3) is 17.2 Å². The van der Waals surface area contributed by atoms with Crippen LogP contribution in [-0.2, 0) is 16.0 Å². The third-order valence-electron chi connectivity index (χ3n) is 7.36. The number of imidazole rings is 1. The summed E-state index contributed by atoms with van der Waals surface area (Å²) < 4.78 is 14.8. The van der Waals surface area contributed by atoms with Crippen molar-refractivity contribution in [1.82, 2.24) is 35.1 Å². The highest BCUT2D eigenvalue weighted by atomic mass is 32.1. The molecular weight excluding hydrogens is 560 g/mol. The van der Waals surface area contributed by atoms with Crippen molar-refractivity contribution in [2.45, 2.75) is 44.4 Å². The number of carboxylic acid groups (broad SMARTS) is 1. The lowest BCUT2D eigenvalue weighted by Gasteiger charge is -2.19. The summed E-state index contributed by atoms with van der Waals surface area (Å²) in [5.41, 5.74) is 4.15. The van der Waals surface area contributed by atoms with Gasteiger partial charge in [0, 0.05) is 25.6 Å². The molecule has 5 atom stereocenters. The number of urea groups is 1. The van der Waals surface area contributed by atoms with Crippen molar-refractivity contribution in [1.29, 1.82) is 0 Å². The highest BCUT2D eigenvalue weighted by Crippen LogP contribution is 2.45. The number of thiazole rings is 1.